The van der Waals surface area contributed by atoms with Crippen LogP contribution in [-0.2, 0) is 49.7 Å². The van der Waals surface area contributed by atoms with Gasteiger partial charge in [0.1, 0.15) is 0 Å². The van der Waals surface area contributed by atoms with Crippen molar-refractivity contribution in [1.29, 1.82) is 0 Å². The maximum absolute atomic E-state index is 5.98. The molecule has 1 rings (SSSR count). The Labute approximate surface area is 231 Å². The van der Waals surface area contributed by atoms with Crippen LogP contribution in [0.4, 0.5) is 0 Å². The SMILES string of the molecule is COCCOCCOCCOCCOCCOCCOCCOC(C)C(C)Cc1ccc(C(C)(C)C)cc1. The molecule has 0 aromatic heterocycles. The predicted octanol–water partition coefficient (Wildman–Crippen LogP) is 4.31. The lowest BCUT2D eigenvalue weighted by molar-refractivity contribution is -0.0318. The Hall–Kier alpha value is -1.10. The Morgan fingerprint density at radius 1 is 0.553 bits per heavy atom. The number of ether oxygens (including phenoxy) is 8. The van der Waals surface area contributed by atoms with Crippen molar-refractivity contribution in [3.05, 3.63) is 35.4 Å². The van der Waals surface area contributed by atoms with Crippen LogP contribution in [-0.4, -0.2) is 106 Å². The standard InChI is InChI=1S/C30H54O8/c1-26(25-28-7-9-29(10-8-28)30(3,4)5)27(2)38-24-23-37-22-21-36-20-19-35-18-17-34-16-15-33-14-13-32-12-11-31-6/h7-10,26-27H,11-25H2,1-6H3. The van der Waals surface area contributed by atoms with E-state index in [0.717, 1.165) is 6.42 Å². The van der Waals surface area contributed by atoms with Crippen molar-refractivity contribution in [3.8, 4) is 0 Å². The van der Waals surface area contributed by atoms with E-state index in [-0.39, 0.29) is 11.5 Å². The molecule has 0 bridgehead atoms. The van der Waals surface area contributed by atoms with Gasteiger partial charge in [-0.2, -0.15) is 0 Å². The summed E-state index contributed by atoms with van der Waals surface area (Å²) in [6.07, 6.45) is 1.19. The zero-order valence-electron chi connectivity index (χ0n) is 24.8. The van der Waals surface area contributed by atoms with Crippen LogP contribution >= 0.6 is 0 Å². The highest BCUT2D eigenvalue weighted by molar-refractivity contribution is 5.27. The molecule has 2 atom stereocenters. The lowest BCUT2D eigenvalue weighted by Crippen LogP contribution is -2.22. The predicted molar refractivity (Wildman–Crippen MR) is 150 cm³/mol. The van der Waals surface area contributed by atoms with E-state index < -0.39 is 0 Å². The lowest BCUT2D eigenvalue weighted by atomic mass is 9.86. The smallest absolute Gasteiger partial charge is 0.0704 e. The maximum Gasteiger partial charge on any atom is 0.0704 e. The first kappa shape index (κ1) is 34.9. The molecule has 0 fully saturated rings. The summed E-state index contributed by atoms with van der Waals surface area (Å²) in [7, 11) is 1.65. The molecule has 0 radical (unpaired) electrons. The monoisotopic (exact) mass is 542 g/mol. The van der Waals surface area contributed by atoms with Crippen molar-refractivity contribution < 1.29 is 37.9 Å². The fourth-order valence-corrected chi connectivity index (χ4v) is 3.48. The molecule has 222 valence electrons. The first-order valence-corrected chi connectivity index (χ1v) is 14.0. The van der Waals surface area contributed by atoms with Crippen molar-refractivity contribution in [2.45, 2.75) is 52.6 Å². The van der Waals surface area contributed by atoms with Crippen molar-refractivity contribution in [3.63, 3.8) is 0 Å². The maximum atomic E-state index is 5.98. The molecule has 1 aromatic rings. The van der Waals surface area contributed by atoms with Crippen LogP contribution in [0.25, 0.3) is 0 Å². The van der Waals surface area contributed by atoms with E-state index in [4.69, 9.17) is 37.9 Å². The lowest BCUT2D eigenvalue weighted by Gasteiger charge is -2.22. The van der Waals surface area contributed by atoms with Gasteiger partial charge < -0.3 is 37.9 Å². The summed E-state index contributed by atoms with van der Waals surface area (Å²) < 4.78 is 43.7. The number of methoxy groups -OCH3 is 1. The number of rotatable bonds is 25. The first-order valence-electron chi connectivity index (χ1n) is 14.0. The quantitative estimate of drug-likeness (QED) is 0.169. The third-order valence-corrected chi connectivity index (χ3v) is 6.08. The molecule has 0 amide bonds. The van der Waals surface area contributed by atoms with E-state index in [2.05, 4.69) is 58.9 Å². The molecule has 38 heavy (non-hydrogen) atoms. The summed E-state index contributed by atoms with van der Waals surface area (Å²) in [6, 6.07) is 8.97. The minimum Gasteiger partial charge on any atom is -0.382 e. The molecule has 8 nitrogen and oxygen atoms in total. The molecular weight excluding hydrogens is 488 g/mol. The van der Waals surface area contributed by atoms with Gasteiger partial charge in [-0.1, -0.05) is 52.0 Å². The molecule has 2 unspecified atom stereocenters. The van der Waals surface area contributed by atoms with Crippen LogP contribution in [0.1, 0.15) is 45.7 Å². The average molecular weight is 543 g/mol. The summed E-state index contributed by atoms with van der Waals surface area (Å²) in [5.74, 6) is 0.439. The molecular formula is C30H54O8. The van der Waals surface area contributed by atoms with Crippen LogP contribution in [0, 0.1) is 5.92 Å². The topological polar surface area (TPSA) is 73.8 Å². The zero-order chi connectivity index (χ0) is 27.9. The molecule has 0 N–H and O–H groups in total. The second-order valence-corrected chi connectivity index (χ2v) is 10.4. The Morgan fingerprint density at radius 3 is 1.29 bits per heavy atom. The zero-order valence-corrected chi connectivity index (χ0v) is 24.8. The fraction of sp³-hybridized carbons (Fsp3) is 0.800. The van der Waals surface area contributed by atoms with Crippen LogP contribution in [0.5, 0.6) is 0 Å². The highest BCUT2D eigenvalue weighted by Gasteiger charge is 2.16. The molecule has 0 saturated carbocycles. The fourth-order valence-electron chi connectivity index (χ4n) is 3.48. The first-order chi connectivity index (χ1) is 18.3. The van der Waals surface area contributed by atoms with Gasteiger partial charge in [-0.15, -0.1) is 0 Å². The van der Waals surface area contributed by atoms with E-state index in [9.17, 15) is 0 Å². The van der Waals surface area contributed by atoms with Gasteiger partial charge in [0.2, 0.25) is 0 Å². The van der Waals surface area contributed by atoms with Crippen LogP contribution in [0.2, 0.25) is 0 Å². The van der Waals surface area contributed by atoms with Gasteiger partial charge in [0, 0.05) is 7.11 Å². The third kappa shape index (κ3) is 19.0. The van der Waals surface area contributed by atoms with Gasteiger partial charge >= 0.3 is 0 Å². The van der Waals surface area contributed by atoms with Gasteiger partial charge in [-0.25, -0.2) is 0 Å². The summed E-state index contributed by atoms with van der Waals surface area (Å²) in [4.78, 5) is 0. The van der Waals surface area contributed by atoms with Crippen molar-refractivity contribution in [2.24, 2.45) is 5.92 Å². The molecule has 0 spiro atoms. The molecule has 0 heterocycles. The normalized spacial score (nSPS) is 13.6. The molecule has 0 aliphatic heterocycles. The average Bonchev–Trinajstić information content (AvgIpc) is 2.89. The van der Waals surface area contributed by atoms with Crippen molar-refractivity contribution in [1.82, 2.24) is 0 Å². The third-order valence-electron chi connectivity index (χ3n) is 6.08. The number of hydrogen-bond donors (Lipinski definition) is 0. The van der Waals surface area contributed by atoms with E-state index in [1.54, 1.807) is 7.11 Å². The van der Waals surface area contributed by atoms with Gasteiger partial charge in [0.15, 0.2) is 0 Å². The second-order valence-electron chi connectivity index (χ2n) is 10.4. The highest BCUT2D eigenvalue weighted by Crippen LogP contribution is 2.23. The molecule has 8 heteroatoms. The van der Waals surface area contributed by atoms with E-state index in [0.29, 0.717) is 98.4 Å². The summed E-state index contributed by atoms with van der Waals surface area (Å²) in [5, 5.41) is 0. The van der Waals surface area contributed by atoms with Crippen LogP contribution in [0.3, 0.4) is 0 Å². The largest absolute Gasteiger partial charge is 0.382 e. The van der Waals surface area contributed by atoms with Gasteiger partial charge in [-0.3, -0.25) is 0 Å². The van der Waals surface area contributed by atoms with Crippen molar-refractivity contribution in [2.75, 3.05) is 99.6 Å². The van der Waals surface area contributed by atoms with E-state index >= 15 is 0 Å². The minimum atomic E-state index is 0.177. The summed E-state index contributed by atoms with van der Waals surface area (Å²) >= 11 is 0. The van der Waals surface area contributed by atoms with E-state index in [1.807, 2.05) is 0 Å². The molecule has 0 saturated heterocycles. The summed E-state index contributed by atoms with van der Waals surface area (Å²) in [6.45, 7) is 18.9. The Morgan fingerprint density at radius 2 is 0.921 bits per heavy atom. The highest BCUT2D eigenvalue weighted by atomic mass is 16.6. The second kappa shape index (κ2) is 22.7. The summed E-state index contributed by atoms with van der Waals surface area (Å²) in [5.41, 5.74) is 2.91. The van der Waals surface area contributed by atoms with Gasteiger partial charge in [-0.05, 0) is 35.8 Å². The number of benzene rings is 1. The Kier molecular flexibility index (Phi) is 20.9. The van der Waals surface area contributed by atoms with E-state index in [1.165, 1.54) is 11.1 Å². The molecule has 0 aliphatic carbocycles. The Bertz CT molecular complexity index is 647. The molecule has 0 aliphatic rings. The minimum absolute atomic E-state index is 0.177. The van der Waals surface area contributed by atoms with Gasteiger partial charge in [0.05, 0.1) is 98.6 Å². The number of hydrogen-bond acceptors (Lipinski definition) is 8. The van der Waals surface area contributed by atoms with Gasteiger partial charge in [0.25, 0.3) is 0 Å². The Balaban J connectivity index is 1.85. The van der Waals surface area contributed by atoms with Crippen LogP contribution in [0.15, 0.2) is 24.3 Å². The van der Waals surface area contributed by atoms with Crippen molar-refractivity contribution >= 4 is 0 Å². The van der Waals surface area contributed by atoms with Crippen LogP contribution < -0.4 is 0 Å². The molecule has 1 aromatic carbocycles.